The highest BCUT2D eigenvalue weighted by atomic mass is 32.1. The quantitative estimate of drug-likeness (QED) is 0.810. The summed E-state index contributed by atoms with van der Waals surface area (Å²) in [5, 5.41) is 4.77. The van der Waals surface area contributed by atoms with Gasteiger partial charge < -0.3 is 4.90 Å². The zero-order chi connectivity index (χ0) is 12.1. The Kier molecular flexibility index (Phi) is 4.42. The Morgan fingerprint density at radius 2 is 2.06 bits per heavy atom. The van der Waals surface area contributed by atoms with Crippen molar-refractivity contribution in [3.05, 3.63) is 11.1 Å². The summed E-state index contributed by atoms with van der Waals surface area (Å²) in [7, 11) is 0. The van der Waals surface area contributed by atoms with E-state index in [-0.39, 0.29) is 0 Å². The number of anilines is 1. The molecule has 0 fully saturated rings. The average molecular weight is 241 g/mol. The van der Waals surface area contributed by atoms with E-state index in [0.29, 0.717) is 18.2 Å². The molecule has 0 atom stereocenters. The molecule has 0 bridgehead atoms. The van der Waals surface area contributed by atoms with Crippen molar-refractivity contribution in [1.29, 1.82) is 0 Å². The van der Waals surface area contributed by atoms with Gasteiger partial charge >= 0.3 is 11.8 Å². The van der Waals surface area contributed by atoms with Gasteiger partial charge in [-0.1, -0.05) is 0 Å². The molecule has 0 aliphatic heterocycles. The minimum atomic E-state index is -0.627. The van der Waals surface area contributed by atoms with Gasteiger partial charge in [0, 0.05) is 18.5 Å². The summed E-state index contributed by atoms with van der Waals surface area (Å²) < 4.78 is 0. The lowest BCUT2D eigenvalue weighted by Crippen LogP contribution is -2.39. The van der Waals surface area contributed by atoms with Crippen molar-refractivity contribution in [1.82, 2.24) is 9.88 Å². The minimum Gasteiger partial charge on any atom is -0.335 e. The highest BCUT2D eigenvalue weighted by Crippen LogP contribution is 2.14. The molecule has 1 heterocycles. The molecular formula is C10H15N3O2S. The van der Waals surface area contributed by atoms with E-state index in [1.54, 1.807) is 0 Å². The van der Waals surface area contributed by atoms with Crippen LogP contribution in [0, 0.1) is 6.92 Å². The molecule has 0 saturated carbocycles. The Morgan fingerprint density at radius 3 is 2.50 bits per heavy atom. The molecule has 16 heavy (non-hydrogen) atoms. The van der Waals surface area contributed by atoms with Crippen molar-refractivity contribution >= 4 is 28.3 Å². The Balaban J connectivity index is 2.61. The number of likely N-dealkylation sites (N-methyl/N-ethyl adjacent to an activating group) is 1. The molecule has 0 aliphatic rings. The first-order valence-electron chi connectivity index (χ1n) is 5.10. The van der Waals surface area contributed by atoms with Crippen LogP contribution in [0.3, 0.4) is 0 Å². The zero-order valence-electron chi connectivity index (χ0n) is 9.61. The van der Waals surface area contributed by atoms with Crippen LogP contribution in [-0.2, 0) is 9.59 Å². The summed E-state index contributed by atoms with van der Waals surface area (Å²) in [6.45, 7) is 6.56. The standard InChI is InChI=1S/C10H15N3O2S/c1-4-13(5-2)9(15)8(14)12-10-11-7(3)6-16-10/h6H,4-5H2,1-3H3,(H,11,12,14). The Bertz CT molecular complexity index is 385. The summed E-state index contributed by atoms with van der Waals surface area (Å²) >= 11 is 1.31. The molecule has 0 aliphatic carbocycles. The molecule has 88 valence electrons. The van der Waals surface area contributed by atoms with Crippen LogP contribution < -0.4 is 5.32 Å². The van der Waals surface area contributed by atoms with Crippen LogP contribution in [0.2, 0.25) is 0 Å². The molecule has 1 rings (SSSR count). The van der Waals surface area contributed by atoms with Gasteiger partial charge in [-0.3, -0.25) is 14.9 Å². The van der Waals surface area contributed by atoms with Crippen LogP contribution >= 0.6 is 11.3 Å². The number of hydrogen-bond donors (Lipinski definition) is 1. The van der Waals surface area contributed by atoms with Crippen LogP contribution in [0.25, 0.3) is 0 Å². The fraction of sp³-hybridized carbons (Fsp3) is 0.500. The van der Waals surface area contributed by atoms with E-state index in [4.69, 9.17) is 0 Å². The Morgan fingerprint density at radius 1 is 1.44 bits per heavy atom. The van der Waals surface area contributed by atoms with Crippen LogP contribution in [-0.4, -0.2) is 34.8 Å². The zero-order valence-corrected chi connectivity index (χ0v) is 10.4. The van der Waals surface area contributed by atoms with Crippen molar-refractivity contribution in [3.8, 4) is 0 Å². The second-order valence-corrected chi connectivity index (χ2v) is 4.08. The highest BCUT2D eigenvalue weighted by molar-refractivity contribution is 7.14. The lowest BCUT2D eigenvalue weighted by Gasteiger charge is -2.16. The summed E-state index contributed by atoms with van der Waals surface area (Å²) in [4.78, 5) is 28.7. The largest absolute Gasteiger partial charge is 0.335 e. The van der Waals surface area contributed by atoms with E-state index in [0.717, 1.165) is 5.69 Å². The van der Waals surface area contributed by atoms with Crippen molar-refractivity contribution < 1.29 is 9.59 Å². The third-order valence-corrected chi connectivity index (χ3v) is 2.96. The first-order valence-corrected chi connectivity index (χ1v) is 5.98. The highest BCUT2D eigenvalue weighted by Gasteiger charge is 2.19. The Labute approximate surface area is 98.5 Å². The third kappa shape index (κ3) is 3.03. The van der Waals surface area contributed by atoms with E-state index in [1.807, 2.05) is 26.2 Å². The first-order chi connectivity index (χ1) is 7.58. The number of nitrogens with one attached hydrogen (secondary N) is 1. The summed E-state index contributed by atoms with van der Waals surface area (Å²) in [5.41, 5.74) is 0.829. The number of carbonyl (C=O) groups is 2. The molecule has 1 aromatic rings. The number of thiazole rings is 1. The van der Waals surface area contributed by atoms with Crippen LogP contribution in [0.4, 0.5) is 5.13 Å². The number of aryl methyl sites for hydroxylation is 1. The van der Waals surface area contributed by atoms with E-state index < -0.39 is 11.8 Å². The van der Waals surface area contributed by atoms with Gasteiger partial charge in [-0.05, 0) is 20.8 Å². The summed E-state index contributed by atoms with van der Waals surface area (Å²) in [6, 6.07) is 0. The fourth-order valence-corrected chi connectivity index (χ4v) is 1.90. The molecule has 1 N–H and O–H groups in total. The average Bonchev–Trinajstić information content (AvgIpc) is 2.65. The van der Waals surface area contributed by atoms with Gasteiger partial charge in [-0.25, -0.2) is 4.98 Å². The molecule has 1 aromatic heterocycles. The molecule has 0 spiro atoms. The molecule has 6 heteroatoms. The number of hydrogen-bond acceptors (Lipinski definition) is 4. The number of nitrogens with zero attached hydrogens (tertiary/aromatic N) is 2. The van der Waals surface area contributed by atoms with E-state index in [9.17, 15) is 9.59 Å². The topological polar surface area (TPSA) is 62.3 Å². The van der Waals surface area contributed by atoms with E-state index in [2.05, 4.69) is 10.3 Å². The third-order valence-electron chi connectivity index (χ3n) is 2.08. The van der Waals surface area contributed by atoms with Crippen molar-refractivity contribution in [3.63, 3.8) is 0 Å². The van der Waals surface area contributed by atoms with Gasteiger partial charge in [0.2, 0.25) is 0 Å². The lowest BCUT2D eigenvalue weighted by atomic mass is 10.4. The van der Waals surface area contributed by atoms with Gasteiger partial charge in [-0.2, -0.15) is 0 Å². The van der Waals surface area contributed by atoms with Gasteiger partial charge in [-0.15, -0.1) is 11.3 Å². The normalized spacial score (nSPS) is 9.94. The fourth-order valence-electron chi connectivity index (χ4n) is 1.22. The number of rotatable bonds is 3. The smallest absolute Gasteiger partial charge is 0.315 e. The van der Waals surface area contributed by atoms with E-state index >= 15 is 0 Å². The second-order valence-electron chi connectivity index (χ2n) is 3.23. The Hall–Kier alpha value is -1.43. The maximum Gasteiger partial charge on any atom is 0.315 e. The molecule has 0 aromatic carbocycles. The van der Waals surface area contributed by atoms with E-state index in [1.165, 1.54) is 16.2 Å². The molecule has 2 amide bonds. The molecule has 0 saturated heterocycles. The number of amides is 2. The summed E-state index contributed by atoms with van der Waals surface area (Å²) in [5.74, 6) is -1.14. The van der Waals surface area contributed by atoms with Crippen LogP contribution in [0.15, 0.2) is 5.38 Å². The SMILES string of the molecule is CCN(CC)C(=O)C(=O)Nc1nc(C)cs1. The summed E-state index contributed by atoms with van der Waals surface area (Å²) in [6.07, 6.45) is 0. The number of carbonyl (C=O) groups excluding carboxylic acids is 2. The van der Waals surface area contributed by atoms with Crippen LogP contribution in [0.1, 0.15) is 19.5 Å². The van der Waals surface area contributed by atoms with Gasteiger partial charge in [0.15, 0.2) is 5.13 Å². The van der Waals surface area contributed by atoms with Gasteiger partial charge in [0.25, 0.3) is 0 Å². The minimum absolute atomic E-state index is 0.461. The molecule has 5 nitrogen and oxygen atoms in total. The number of aromatic nitrogens is 1. The van der Waals surface area contributed by atoms with Gasteiger partial charge in [0.1, 0.15) is 0 Å². The predicted octanol–water partition coefficient (Wildman–Crippen LogP) is 1.26. The maximum absolute atomic E-state index is 11.6. The molecule has 0 unspecified atom stereocenters. The monoisotopic (exact) mass is 241 g/mol. The lowest BCUT2D eigenvalue weighted by molar-refractivity contribution is -0.142. The maximum atomic E-state index is 11.6. The predicted molar refractivity (Wildman–Crippen MR) is 63.4 cm³/mol. The van der Waals surface area contributed by atoms with Crippen LogP contribution in [0.5, 0.6) is 0 Å². The van der Waals surface area contributed by atoms with Crippen molar-refractivity contribution in [2.75, 3.05) is 18.4 Å². The first kappa shape index (κ1) is 12.6. The second kappa shape index (κ2) is 5.60. The molecular weight excluding hydrogens is 226 g/mol. The molecule has 0 radical (unpaired) electrons. The van der Waals surface area contributed by atoms with Crippen molar-refractivity contribution in [2.24, 2.45) is 0 Å². The van der Waals surface area contributed by atoms with Crippen molar-refractivity contribution in [2.45, 2.75) is 20.8 Å². The van der Waals surface area contributed by atoms with Gasteiger partial charge in [0.05, 0.1) is 5.69 Å².